The number of benzene rings is 1. The van der Waals surface area contributed by atoms with Crippen LogP contribution in [0, 0.1) is 5.92 Å². The van der Waals surface area contributed by atoms with Gasteiger partial charge in [-0.2, -0.15) is 0 Å². The third-order valence-electron chi connectivity index (χ3n) is 2.31. The smallest absolute Gasteiger partial charge is 0.122 e. The molecule has 0 spiro atoms. The van der Waals surface area contributed by atoms with Crippen molar-refractivity contribution in [1.29, 1.82) is 0 Å². The molecule has 1 unspecified atom stereocenters. The zero-order valence-electron chi connectivity index (χ0n) is 9.46. The average molecular weight is 225 g/mol. The summed E-state index contributed by atoms with van der Waals surface area (Å²) in [5.74, 6) is 1.41. The first-order valence-corrected chi connectivity index (χ1v) is 5.50. The summed E-state index contributed by atoms with van der Waals surface area (Å²) in [5, 5.41) is 0.762. The number of allylic oxidation sites excluding steroid dienone is 2. The van der Waals surface area contributed by atoms with Crippen LogP contribution in [0.1, 0.15) is 19.4 Å². The van der Waals surface area contributed by atoms with Crippen LogP contribution in [0.5, 0.6) is 5.75 Å². The normalized spacial score (nSPS) is 13.1. The molecule has 0 amide bonds. The van der Waals surface area contributed by atoms with Crippen LogP contribution in [0.25, 0.3) is 0 Å². The van der Waals surface area contributed by atoms with Gasteiger partial charge in [-0.1, -0.05) is 30.7 Å². The predicted octanol–water partition coefficient (Wildman–Crippen LogP) is 4.10. The Hall–Kier alpha value is -0.950. The maximum Gasteiger partial charge on any atom is 0.122 e. The van der Waals surface area contributed by atoms with Gasteiger partial charge in [-0.3, -0.25) is 0 Å². The second-order valence-corrected chi connectivity index (χ2v) is 4.10. The molecule has 0 aliphatic heterocycles. The minimum atomic E-state index is 0.502. The summed E-state index contributed by atoms with van der Waals surface area (Å²) >= 11 is 5.96. The van der Waals surface area contributed by atoms with Crippen LogP contribution in [0.2, 0.25) is 5.02 Å². The molecule has 0 saturated heterocycles. The van der Waals surface area contributed by atoms with Gasteiger partial charge in [-0.15, -0.1) is 0 Å². The van der Waals surface area contributed by atoms with Crippen LogP contribution >= 0.6 is 11.6 Å². The van der Waals surface area contributed by atoms with Gasteiger partial charge >= 0.3 is 0 Å². The highest BCUT2D eigenvalue weighted by molar-refractivity contribution is 6.30. The Balaban J connectivity index is 2.86. The molecule has 0 bridgehead atoms. The van der Waals surface area contributed by atoms with Crippen LogP contribution in [-0.4, -0.2) is 7.11 Å². The van der Waals surface area contributed by atoms with E-state index in [9.17, 15) is 0 Å². The lowest BCUT2D eigenvalue weighted by Crippen LogP contribution is -1.99. The van der Waals surface area contributed by atoms with E-state index >= 15 is 0 Å². The number of hydrogen-bond donors (Lipinski definition) is 0. The molecular formula is C13H17ClO. The molecule has 0 fully saturated rings. The molecule has 1 nitrogen and oxygen atoms in total. The lowest BCUT2D eigenvalue weighted by atomic mass is 10.00. The van der Waals surface area contributed by atoms with Crippen molar-refractivity contribution in [3.63, 3.8) is 0 Å². The highest BCUT2D eigenvalue weighted by Crippen LogP contribution is 2.25. The third kappa shape index (κ3) is 3.60. The fourth-order valence-electron chi connectivity index (χ4n) is 1.65. The van der Waals surface area contributed by atoms with Gasteiger partial charge in [-0.05, 0) is 43.0 Å². The molecule has 1 aromatic rings. The Bertz CT molecular complexity index is 344. The molecule has 1 atom stereocenters. The van der Waals surface area contributed by atoms with Gasteiger partial charge in [-0.25, -0.2) is 0 Å². The molecule has 82 valence electrons. The Morgan fingerprint density at radius 2 is 2.20 bits per heavy atom. The lowest BCUT2D eigenvalue weighted by Gasteiger charge is -2.11. The zero-order chi connectivity index (χ0) is 11.3. The fraction of sp³-hybridized carbons (Fsp3) is 0.385. The Labute approximate surface area is 96.7 Å². The van der Waals surface area contributed by atoms with Crippen molar-refractivity contribution in [3.05, 3.63) is 40.9 Å². The van der Waals surface area contributed by atoms with Crippen molar-refractivity contribution in [2.24, 2.45) is 5.92 Å². The van der Waals surface area contributed by atoms with Crippen LogP contribution in [0.3, 0.4) is 0 Å². The standard InChI is InChI=1S/C13H17ClO/c1-4-5-10(2)8-11-9-12(14)6-7-13(11)15-3/h4-7,9-10H,8H2,1-3H3/b5-4-. The first-order valence-electron chi connectivity index (χ1n) is 5.12. The van der Waals surface area contributed by atoms with E-state index in [4.69, 9.17) is 16.3 Å². The molecule has 0 aromatic heterocycles. The summed E-state index contributed by atoms with van der Waals surface area (Å²) in [4.78, 5) is 0. The molecule has 15 heavy (non-hydrogen) atoms. The monoisotopic (exact) mass is 224 g/mol. The minimum absolute atomic E-state index is 0.502. The third-order valence-corrected chi connectivity index (χ3v) is 2.54. The summed E-state index contributed by atoms with van der Waals surface area (Å²) in [6, 6.07) is 5.74. The van der Waals surface area contributed by atoms with E-state index in [2.05, 4.69) is 19.1 Å². The van der Waals surface area contributed by atoms with Gasteiger partial charge in [0.15, 0.2) is 0 Å². The van der Waals surface area contributed by atoms with Crippen molar-refractivity contribution in [2.45, 2.75) is 20.3 Å². The number of rotatable bonds is 4. The van der Waals surface area contributed by atoms with E-state index in [0.29, 0.717) is 5.92 Å². The summed E-state index contributed by atoms with van der Waals surface area (Å²) < 4.78 is 5.30. The number of halogens is 1. The molecule has 0 N–H and O–H groups in total. The van der Waals surface area contributed by atoms with E-state index in [1.54, 1.807) is 7.11 Å². The number of methoxy groups -OCH3 is 1. The molecule has 0 heterocycles. The highest BCUT2D eigenvalue weighted by Gasteiger charge is 2.06. The summed E-state index contributed by atoms with van der Waals surface area (Å²) in [7, 11) is 1.69. The second-order valence-electron chi connectivity index (χ2n) is 3.66. The molecular weight excluding hydrogens is 208 g/mol. The van der Waals surface area contributed by atoms with Gasteiger partial charge in [0.1, 0.15) is 5.75 Å². The molecule has 2 heteroatoms. The number of ether oxygens (including phenoxy) is 1. The SMILES string of the molecule is C/C=C\C(C)Cc1cc(Cl)ccc1OC. The Morgan fingerprint density at radius 3 is 2.80 bits per heavy atom. The maximum absolute atomic E-state index is 5.96. The predicted molar refractivity (Wildman–Crippen MR) is 65.7 cm³/mol. The highest BCUT2D eigenvalue weighted by atomic mass is 35.5. The zero-order valence-corrected chi connectivity index (χ0v) is 10.2. The van der Waals surface area contributed by atoms with Crippen molar-refractivity contribution < 1.29 is 4.74 Å². The van der Waals surface area contributed by atoms with Crippen LogP contribution < -0.4 is 4.74 Å². The molecule has 1 rings (SSSR count). The van der Waals surface area contributed by atoms with E-state index in [-0.39, 0.29) is 0 Å². The first-order chi connectivity index (χ1) is 7.17. The molecule has 0 radical (unpaired) electrons. The van der Waals surface area contributed by atoms with Crippen LogP contribution in [-0.2, 0) is 6.42 Å². The summed E-state index contributed by atoms with van der Waals surface area (Å²) in [6.07, 6.45) is 5.20. The van der Waals surface area contributed by atoms with E-state index in [1.165, 1.54) is 0 Å². The van der Waals surface area contributed by atoms with Crippen molar-refractivity contribution in [3.8, 4) is 5.75 Å². The van der Waals surface area contributed by atoms with Crippen molar-refractivity contribution in [2.75, 3.05) is 7.11 Å². The molecule has 0 saturated carbocycles. The van der Waals surface area contributed by atoms with Gasteiger partial charge in [0.05, 0.1) is 7.11 Å². The topological polar surface area (TPSA) is 9.23 Å². The van der Waals surface area contributed by atoms with Gasteiger partial charge in [0.25, 0.3) is 0 Å². The van der Waals surface area contributed by atoms with Crippen molar-refractivity contribution >= 4 is 11.6 Å². The minimum Gasteiger partial charge on any atom is -0.496 e. The fourth-order valence-corrected chi connectivity index (χ4v) is 1.84. The Kier molecular flexibility index (Phi) is 4.70. The summed E-state index contributed by atoms with van der Waals surface area (Å²) in [5.41, 5.74) is 1.16. The van der Waals surface area contributed by atoms with Gasteiger partial charge in [0.2, 0.25) is 0 Å². The van der Waals surface area contributed by atoms with Crippen LogP contribution in [0.4, 0.5) is 0 Å². The largest absolute Gasteiger partial charge is 0.496 e. The maximum atomic E-state index is 5.96. The van der Waals surface area contributed by atoms with E-state index < -0.39 is 0 Å². The lowest BCUT2D eigenvalue weighted by molar-refractivity contribution is 0.408. The number of hydrogen-bond acceptors (Lipinski definition) is 1. The van der Waals surface area contributed by atoms with Crippen molar-refractivity contribution in [1.82, 2.24) is 0 Å². The summed E-state index contributed by atoms with van der Waals surface area (Å²) in [6.45, 7) is 4.21. The quantitative estimate of drug-likeness (QED) is 0.700. The first kappa shape index (κ1) is 12.1. The van der Waals surface area contributed by atoms with Gasteiger partial charge in [0, 0.05) is 5.02 Å². The van der Waals surface area contributed by atoms with Crippen LogP contribution in [0.15, 0.2) is 30.4 Å². The molecule has 0 aliphatic rings. The van der Waals surface area contributed by atoms with E-state index in [0.717, 1.165) is 22.8 Å². The Morgan fingerprint density at radius 1 is 1.47 bits per heavy atom. The van der Waals surface area contributed by atoms with E-state index in [1.807, 2.05) is 25.1 Å². The van der Waals surface area contributed by atoms with Gasteiger partial charge < -0.3 is 4.74 Å². The molecule has 0 aliphatic carbocycles. The molecule has 1 aromatic carbocycles. The average Bonchev–Trinajstić information content (AvgIpc) is 2.18. The second kappa shape index (κ2) is 5.82.